The summed E-state index contributed by atoms with van der Waals surface area (Å²) in [6.07, 6.45) is 1.77. The van der Waals surface area contributed by atoms with E-state index in [4.69, 9.17) is 4.74 Å². The highest BCUT2D eigenvalue weighted by atomic mass is 19.1. The maximum Gasteiger partial charge on any atom is 0.414 e. The van der Waals surface area contributed by atoms with E-state index in [9.17, 15) is 9.18 Å². The number of benzene rings is 2. The molecule has 0 N–H and O–H groups in total. The van der Waals surface area contributed by atoms with E-state index in [-0.39, 0.29) is 24.6 Å². The second-order valence-corrected chi connectivity index (χ2v) is 7.11. The standard InChI is InChI=1S/C21H23FN2O2/c22-18-6-4-5-16(13-18)14-24(19-7-2-1-3-8-19)21(25)26-20-15-23-11-9-17(20)10-12-23/h1-8,13,17,20H,9-12,14-15H2. The molecule has 26 heavy (non-hydrogen) atoms. The molecule has 0 aliphatic carbocycles. The van der Waals surface area contributed by atoms with Gasteiger partial charge in [-0.05, 0) is 61.7 Å². The summed E-state index contributed by atoms with van der Waals surface area (Å²) in [4.78, 5) is 16.9. The summed E-state index contributed by atoms with van der Waals surface area (Å²) in [5.41, 5.74) is 1.49. The van der Waals surface area contributed by atoms with Gasteiger partial charge in [0.1, 0.15) is 11.9 Å². The Balaban J connectivity index is 1.53. The maximum absolute atomic E-state index is 13.6. The molecule has 0 spiro atoms. The van der Waals surface area contributed by atoms with Crippen molar-refractivity contribution in [1.29, 1.82) is 0 Å². The summed E-state index contributed by atoms with van der Waals surface area (Å²) < 4.78 is 19.5. The molecule has 5 heteroatoms. The van der Waals surface area contributed by atoms with Crippen LogP contribution in [-0.4, -0.2) is 36.7 Å². The van der Waals surface area contributed by atoms with Crippen molar-refractivity contribution >= 4 is 11.8 Å². The van der Waals surface area contributed by atoms with Crippen molar-refractivity contribution in [2.24, 2.45) is 5.92 Å². The topological polar surface area (TPSA) is 32.8 Å². The summed E-state index contributed by atoms with van der Waals surface area (Å²) in [6.45, 7) is 3.30. The fraction of sp³-hybridized carbons (Fsp3) is 0.381. The number of piperidine rings is 3. The van der Waals surface area contributed by atoms with Gasteiger partial charge in [-0.1, -0.05) is 30.3 Å². The molecule has 5 rings (SSSR count). The van der Waals surface area contributed by atoms with Crippen LogP contribution in [0.2, 0.25) is 0 Å². The molecule has 0 aromatic heterocycles. The van der Waals surface area contributed by atoms with Gasteiger partial charge in [0.05, 0.1) is 6.54 Å². The average molecular weight is 354 g/mol. The van der Waals surface area contributed by atoms with Crippen LogP contribution in [0.5, 0.6) is 0 Å². The predicted molar refractivity (Wildman–Crippen MR) is 98.5 cm³/mol. The van der Waals surface area contributed by atoms with Crippen molar-refractivity contribution in [1.82, 2.24) is 4.90 Å². The third kappa shape index (κ3) is 3.73. The number of para-hydroxylation sites is 1. The van der Waals surface area contributed by atoms with Gasteiger partial charge in [-0.25, -0.2) is 9.18 Å². The van der Waals surface area contributed by atoms with Crippen LogP contribution < -0.4 is 4.90 Å². The zero-order valence-corrected chi connectivity index (χ0v) is 14.7. The van der Waals surface area contributed by atoms with Crippen molar-refractivity contribution in [3.8, 4) is 0 Å². The molecule has 2 aromatic carbocycles. The first-order valence-electron chi connectivity index (χ1n) is 9.19. The number of halogens is 1. The van der Waals surface area contributed by atoms with Crippen molar-refractivity contribution in [2.75, 3.05) is 24.5 Å². The highest BCUT2D eigenvalue weighted by Gasteiger charge is 2.37. The van der Waals surface area contributed by atoms with Crippen LogP contribution in [0.1, 0.15) is 18.4 Å². The van der Waals surface area contributed by atoms with Crippen LogP contribution in [0.25, 0.3) is 0 Å². The first-order valence-corrected chi connectivity index (χ1v) is 9.19. The highest BCUT2D eigenvalue weighted by molar-refractivity contribution is 5.87. The smallest absolute Gasteiger partial charge is 0.414 e. The highest BCUT2D eigenvalue weighted by Crippen LogP contribution is 2.30. The summed E-state index contributed by atoms with van der Waals surface area (Å²) in [5.74, 6) is 0.150. The molecule has 3 heterocycles. The number of carbonyl (C=O) groups is 1. The number of hydrogen-bond acceptors (Lipinski definition) is 3. The van der Waals surface area contributed by atoms with Crippen LogP contribution >= 0.6 is 0 Å². The molecule has 1 atom stereocenters. The van der Waals surface area contributed by atoms with Gasteiger partial charge in [-0.2, -0.15) is 0 Å². The molecular weight excluding hydrogens is 331 g/mol. The van der Waals surface area contributed by atoms with Gasteiger partial charge in [0, 0.05) is 12.2 Å². The number of amides is 1. The fourth-order valence-corrected chi connectivity index (χ4v) is 3.92. The van der Waals surface area contributed by atoms with Gasteiger partial charge in [0.2, 0.25) is 0 Å². The number of rotatable bonds is 4. The Morgan fingerprint density at radius 3 is 2.54 bits per heavy atom. The zero-order valence-electron chi connectivity index (χ0n) is 14.7. The lowest BCUT2D eigenvalue weighted by atomic mass is 9.86. The van der Waals surface area contributed by atoms with E-state index in [1.807, 2.05) is 36.4 Å². The van der Waals surface area contributed by atoms with Crippen molar-refractivity contribution < 1.29 is 13.9 Å². The fourth-order valence-electron chi connectivity index (χ4n) is 3.92. The molecule has 0 radical (unpaired) electrons. The minimum atomic E-state index is -0.362. The minimum Gasteiger partial charge on any atom is -0.444 e. The molecule has 4 nitrogen and oxygen atoms in total. The molecule has 1 amide bonds. The molecule has 3 fully saturated rings. The van der Waals surface area contributed by atoms with Crippen LogP contribution in [0.4, 0.5) is 14.9 Å². The number of anilines is 1. The van der Waals surface area contributed by atoms with Crippen LogP contribution in [-0.2, 0) is 11.3 Å². The minimum absolute atomic E-state index is 0.0521. The van der Waals surface area contributed by atoms with E-state index < -0.39 is 0 Å². The van der Waals surface area contributed by atoms with Crippen molar-refractivity contribution in [3.05, 3.63) is 66.0 Å². The third-order valence-electron chi connectivity index (χ3n) is 5.37. The van der Waals surface area contributed by atoms with Gasteiger partial charge in [0.25, 0.3) is 0 Å². The number of fused-ring (bicyclic) bond motifs is 3. The Kier molecular flexibility index (Phi) is 4.89. The van der Waals surface area contributed by atoms with E-state index >= 15 is 0 Å². The van der Waals surface area contributed by atoms with E-state index in [2.05, 4.69) is 4.90 Å². The van der Waals surface area contributed by atoms with Gasteiger partial charge >= 0.3 is 6.09 Å². The monoisotopic (exact) mass is 354 g/mol. The van der Waals surface area contributed by atoms with Crippen LogP contribution in [0, 0.1) is 11.7 Å². The normalized spacial score (nSPS) is 24.3. The lowest BCUT2D eigenvalue weighted by Crippen LogP contribution is -2.53. The molecule has 136 valence electrons. The van der Waals surface area contributed by atoms with Gasteiger partial charge in [-0.3, -0.25) is 9.80 Å². The average Bonchev–Trinajstić information content (AvgIpc) is 2.68. The van der Waals surface area contributed by atoms with Crippen LogP contribution in [0.15, 0.2) is 54.6 Å². The molecule has 3 saturated heterocycles. The van der Waals surface area contributed by atoms with E-state index in [1.54, 1.807) is 11.0 Å². The number of hydrogen-bond donors (Lipinski definition) is 0. The Hall–Kier alpha value is -2.40. The molecule has 3 aliphatic rings. The second-order valence-electron chi connectivity index (χ2n) is 7.11. The number of carbonyl (C=O) groups excluding carboxylic acids is 1. The summed E-state index contributed by atoms with van der Waals surface area (Å²) >= 11 is 0. The second kappa shape index (κ2) is 7.46. The first kappa shape index (κ1) is 17.0. The number of ether oxygens (including phenoxy) is 1. The third-order valence-corrected chi connectivity index (χ3v) is 5.37. The van der Waals surface area contributed by atoms with Crippen molar-refractivity contribution in [3.63, 3.8) is 0 Å². The first-order chi connectivity index (χ1) is 12.7. The quantitative estimate of drug-likeness (QED) is 0.830. The van der Waals surface area contributed by atoms with E-state index in [1.165, 1.54) is 12.1 Å². The van der Waals surface area contributed by atoms with E-state index in [0.717, 1.165) is 43.7 Å². The van der Waals surface area contributed by atoms with Crippen LogP contribution in [0.3, 0.4) is 0 Å². The lowest BCUT2D eigenvalue weighted by Gasteiger charge is -2.44. The molecule has 1 unspecified atom stereocenters. The van der Waals surface area contributed by atoms with Crippen molar-refractivity contribution in [2.45, 2.75) is 25.5 Å². The Bertz CT molecular complexity index is 760. The van der Waals surface area contributed by atoms with Gasteiger partial charge in [0.15, 0.2) is 0 Å². The molecule has 0 saturated carbocycles. The molecule has 2 aromatic rings. The molecule has 2 bridgehead atoms. The van der Waals surface area contributed by atoms with E-state index in [0.29, 0.717) is 5.92 Å². The Morgan fingerprint density at radius 1 is 1.12 bits per heavy atom. The largest absolute Gasteiger partial charge is 0.444 e. The Morgan fingerprint density at radius 2 is 1.88 bits per heavy atom. The van der Waals surface area contributed by atoms with Gasteiger partial charge < -0.3 is 4.74 Å². The molecule has 3 aliphatic heterocycles. The maximum atomic E-state index is 13.6. The van der Waals surface area contributed by atoms with Gasteiger partial charge in [-0.15, -0.1) is 0 Å². The number of nitrogens with zero attached hydrogens (tertiary/aromatic N) is 2. The lowest BCUT2D eigenvalue weighted by molar-refractivity contribution is -0.0311. The summed E-state index contributed by atoms with van der Waals surface area (Å²) in [6, 6.07) is 15.8. The molecular formula is C21H23FN2O2. The summed E-state index contributed by atoms with van der Waals surface area (Å²) in [5, 5.41) is 0. The zero-order chi connectivity index (χ0) is 17.9. The Labute approximate surface area is 153 Å². The predicted octanol–water partition coefficient (Wildman–Crippen LogP) is 4.06. The SMILES string of the molecule is O=C(OC1CN2CCC1CC2)N(Cc1cccc(F)c1)c1ccccc1. The summed E-state index contributed by atoms with van der Waals surface area (Å²) in [7, 11) is 0.